The van der Waals surface area contributed by atoms with Crippen LogP contribution >= 0.6 is 15.9 Å². The minimum atomic E-state index is 0.470. The van der Waals surface area contributed by atoms with Gasteiger partial charge in [-0.05, 0) is 50.9 Å². The Morgan fingerprint density at radius 2 is 2.10 bits per heavy atom. The monoisotopic (exact) mass is 349 g/mol. The van der Waals surface area contributed by atoms with Gasteiger partial charge in [-0.1, -0.05) is 35.8 Å². The van der Waals surface area contributed by atoms with Gasteiger partial charge in [-0.25, -0.2) is 4.68 Å². The minimum Gasteiger partial charge on any atom is -0.316 e. The van der Waals surface area contributed by atoms with Crippen LogP contribution in [0, 0.1) is 13.8 Å². The van der Waals surface area contributed by atoms with E-state index < -0.39 is 0 Å². The SMILES string of the molecule is CCCNCC(C)c1c(C)nn(-c2cccc(Br)c2)c1C. The van der Waals surface area contributed by atoms with Gasteiger partial charge in [0.2, 0.25) is 0 Å². The lowest BCUT2D eigenvalue weighted by Crippen LogP contribution is -2.21. The summed E-state index contributed by atoms with van der Waals surface area (Å²) in [6.45, 7) is 10.8. The third kappa shape index (κ3) is 3.74. The standard InChI is InChI=1S/C17H24BrN3/c1-5-9-19-11-12(2)17-13(3)20-21(14(17)4)16-8-6-7-15(18)10-16/h6-8,10,12,19H,5,9,11H2,1-4H3. The number of hydrogen-bond donors (Lipinski definition) is 1. The topological polar surface area (TPSA) is 29.9 Å². The zero-order valence-electron chi connectivity index (χ0n) is 13.3. The molecule has 1 heterocycles. The number of benzene rings is 1. The van der Waals surface area contributed by atoms with Gasteiger partial charge in [0.25, 0.3) is 0 Å². The summed E-state index contributed by atoms with van der Waals surface area (Å²) in [5.41, 5.74) is 4.82. The molecule has 0 aliphatic heterocycles. The molecular formula is C17H24BrN3. The quantitative estimate of drug-likeness (QED) is 0.785. The van der Waals surface area contributed by atoms with E-state index >= 15 is 0 Å². The van der Waals surface area contributed by atoms with Gasteiger partial charge in [0, 0.05) is 22.3 Å². The molecule has 2 aromatic rings. The maximum absolute atomic E-state index is 4.74. The van der Waals surface area contributed by atoms with Gasteiger partial charge in [0.15, 0.2) is 0 Å². The fourth-order valence-electron chi connectivity index (χ4n) is 2.82. The predicted octanol–water partition coefficient (Wildman–Crippen LogP) is 4.35. The van der Waals surface area contributed by atoms with E-state index in [0.29, 0.717) is 5.92 Å². The second-order valence-corrected chi connectivity index (χ2v) is 6.50. The van der Waals surface area contributed by atoms with Crippen molar-refractivity contribution in [3.63, 3.8) is 0 Å². The summed E-state index contributed by atoms with van der Waals surface area (Å²) in [5.74, 6) is 0.470. The molecule has 1 aromatic carbocycles. The molecule has 0 spiro atoms. The molecule has 1 N–H and O–H groups in total. The van der Waals surface area contributed by atoms with Crippen LogP contribution in [0.4, 0.5) is 0 Å². The number of rotatable bonds is 6. The molecule has 1 unspecified atom stereocenters. The van der Waals surface area contributed by atoms with E-state index in [1.54, 1.807) is 0 Å². The largest absolute Gasteiger partial charge is 0.316 e. The highest BCUT2D eigenvalue weighted by Crippen LogP contribution is 2.26. The maximum Gasteiger partial charge on any atom is 0.0660 e. The molecular weight excluding hydrogens is 326 g/mol. The van der Waals surface area contributed by atoms with Crippen LogP contribution in [0.5, 0.6) is 0 Å². The summed E-state index contributed by atoms with van der Waals surface area (Å²) in [6.07, 6.45) is 1.17. The first-order chi connectivity index (χ1) is 10.0. The molecule has 3 nitrogen and oxygen atoms in total. The van der Waals surface area contributed by atoms with Crippen molar-refractivity contribution in [2.75, 3.05) is 13.1 Å². The Balaban J connectivity index is 2.29. The second-order valence-electron chi connectivity index (χ2n) is 5.58. The first-order valence-electron chi connectivity index (χ1n) is 7.57. The number of nitrogens with zero attached hydrogens (tertiary/aromatic N) is 2. The van der Waals surface area contributed by atoms with E-state index in [2.05, 4.69) is 61.1 Å². The van der Waals surface area contributed by atoms with Gasteiger partial charge in [0.05, 0.1) is 11.4 Å². The van der Waals surface area contributed by atoms with E-state index in [1.165, 1.54) is 17.7 Å². The Labute approximate surface area is 135 Å². The molecule has 0 saturated carbocycles. The number of hydrogen-bond acceptors (Lipinski definition) is 2. The summed E-state index contributed by atoms with van der Waals surface area (Å²) in [4.78, 5) is 0. The van der Waals surface area contributed by atoms with E-state index in [4.69, 9.17) is 5.10 Å². The highest BCUT2D eigenvalue weighted by Gasteiger charge is 2.18. The Bertz CT molecular complexity index is 604. The second kappa shape index (κ2) is 7.23. The van der Waals surface area contributed by atoms with E-state index in [1.807, 2.05) is 16.8 Å². The molecule has 4 heteroatoms. The molecule has 2 rings (SSSR count). The van der Waals surface area contributed by atoms with Crippen LogP contribution in [0.1, 0.15) is 43.1 Å². The number of halogens is 1. The van der Waals surface area contributed by atoms with E-state index in [0.717, 1.165) is 28.9 Å². The number of aryl methyl sites for hydroxylation is 1. The molecule has 0 amide bonds. The smallest absolute Gasteiger partial charge is 0.0660 e. The summed E-state index contributed by atoms with van der Waals surface area (Å²) in [7, 11) is 0. The average Bonchev–Trinajstić information content (AvgIpc) is 2.74. The van der Waals surface area contributed by atoms with Crippen LogP contribution in [-0.2, 0) is 0 Å². The Kier molecular flexibility index (Phi) is 5.59. The molecule has 0 bridgehead atoms. The van der Waals surface area contributed by atoms with Crippen molar-refractivity contribution < 1.29 is 0 Å². The van der Waals surface area contributed by atoms with Crippen LogP contribution in [0.3, 0.4) is 0 Å². The fraction of sp³-hybridized carbons (Fsp3) is 0.471. The summed E-state index contributed by atoms with van der Waals surface area (Å²) < 4.78 is 3.12. The van der Waals surface area contributed by atoms with Crippen molar-refractivity contribution in [1.82, 2.24) is 15.1 Å². The Hall–Kier alpha value is -1.13. The van der Waals surface area contributed by atoms with Crippen LogP contribution in [0.25, 0.3) is 5.69 Å². The van der Waals surface area contributed by atoms with Gasteiger partial charge in [0.1, 0.15) is 0 Å². The molecule has 1 atom stereocenters. The number of aromatic nitrogens is 2. The molecule has 0 aliphatic carbocycles. The predicted molar refractivity (Wildman–Crippen MR) is 92.3 cm³/mol. The molecule has 0 aliphatic rings. The molecule has 1 aromatic heterocycles. The van der Waals surface area contributed by atoms with Gasteiger partial charge in [-0.15, -0.1) is 0 Å². The third-order valence-electron chi connectivity index (χ3n) is 3.77. The Morgan fingerprint density at radius 1 is 1.33 bits per heavy atom. The summed E-state index contributed by atoms with van der Waals surface area (Å²) in [5, 5.41) is 8.24. The first kappa shape index (κ1) is 16.2. The van der Waals surface area contributed by atoms with Crippen molar-refractivity contribution in [1.29, 1.82) is 0 Å². The van der Waals surface area contributed by atoms with Crippen molar-refractivity contribution in [2.45, 2.75) is 40.0 Å². The van der Waals surface area contributed by atoms with E-state index in [9.17, 15) is 0 Å². The third-order valence-corrected chi connectivity index (χ3v) is 4.26. The zero-order valence-corrected chi connectivity index (χ0v) is 14.9. The molecule has 0 saturated heterocycles. The van der Waals surface area contributed by atoms with Crippen LogP contribution in [0.15, 0.2) is 28.7 Å². The normalized spacial score (nSPS) is 12.6. The highest BCUT2D eigenvalue weighted by atomic mass is 79.9. The molecule has 0 fully saturated rings. The van der Waals surface area contributed by atoms with Gasteiger partial charge in [-0.2, -0.15) is 5.10 Å². The van der Waals surface area contributed by atoms with Gasteiger partial charge < -0.3 is 5.32 Å². The van der Waals surface area contributed by atoms with Gasteiger partial charge >= 0.3 is 0 Å². The van der Waals surface area contributed by atoms with Crippen molar-refractivity contribution in [2.24, 2.45) is 0 Å². The van der Waals surface area contributed by atoms with E-state index in [-0.39, 0.29) is 0 Å². The van der Waals surface area contributed by atoms with Gasteiger partial charge in [-0.3, -0.25) is 0 Å². The summed E-state index contributed by atoms with van der Waals surface area (Å²) in [6, 6.07) is 8.27. The maximum atomic E-state index is 4.74. The van der Waals surface area contributed by atoms with Crippen molar-refractivity contribution >= 4 is 15.9 Å². The lowest BCUT2D eigenvalue weighted by molar-refractivity contribution is 0.605. The first-order valence-corrected chi connectivity index (χ1v) is 8.36. The van der Waals surface area contributed by atoms with Crippen molar-refractivity contribution in [3.8, 4) is 5.69 Å². The molecule has 114 valence electrons. The van der Waals surface area contributed by atoms with Crippen LogP contribution in [-0.4, -0.2) is 22.9 Å². The van der Waals surface area contributed by atoms with Crippen LogP contribution in [0.2, 0.25) is 0 Å². The Morgan fingerprint density at radius 3 is 2.76 bits per heavy atom. The summed E-state index contributed by atoms with van der Waals surface area (Å²) >= 11 is 3.53. The minimum absolute atomic E-state index is 0.470. The lowest BCUT2D eigenvalue weighted by Gasteiger charge is -2.13. The lowest BCUT2D eigenvalue weighted by atomic mass is 9.99. The highest BCUT2D eigenvalue weighted by molar-refractivity contribution is 9.10. The van der Waals surface area contributed by atoms with Crippen molar-refractivity contribution in [3.05, 3.63) is 45.7 Å². The number of nitrogens with one attached hydrogen (secondary N) is 1. The zero-order chi connectivity index (χ0) is 15.4. The fourth-order valence-corrected chi connectivity index (χ4v) is 3.21. The van der Waals surface area contributed by atoms with Crippen LogP contribution < -0.4 is 5.32 Å². The molecule has 21 heavy (non-hydrogen) atoms. The average molecular weight is 350 g/mol. The molecule has 0 radical (unpaired) electrons.